The molecule has 1 aliphatic rings. The van der Waals surface area contributed by atoms with Crippen molar-refractivity contribution >= 4 is 57.2 Å². The van der Waals surface area contributed by atoms with Crippen LogP contribution in [-0.4, -0.2) is 68.7 Å². The van der Waals surface area contributed by atoms with Crippen LogP contribution < -0.4 is 10.6 Å². The van der Waals surface area contributed by atoms with Gasteiger partial charge in [-0.3, -0.25) is 29.5 Å². The minimum absolute atomic E-state index is 0.137. The van der Waals surface area contributed by atoms with Crippen LogP contribution in [0.1, 0.15) is 70.0 Å². The van der Waals surface area contributed by atoms with Crippen molar-refractivity contribution in [1.29, 1.82) is 0 Å². The number of anilines is 2. The van der Waals surface area contributed by atoms with Crippen LogP contribution >= 0.6 is 22.7 Å². The summed E-state index contributed by atoms with van der Waals surface area (Å²) in [5.41, 5.74) is 3.10. The van der Waals surface area contributed by atoms with Gasteiger partial charge in [0.15, 0.2) is 0 Å². The van der Waals surface area contributed by atoms with E-state index >= 15 is 0 Å². The second-order valence-electron chi connectivity index (χ2n) is 9.84. The van der Waals surface area contributed by atoms with Gasteiger partial charge in [0.2, 0.25) is 22.1 Å². The van der Waals surface area contributed by atoms with Gasteiger partial charge in [0.25, 0.3) is 0 Å². The Balaban J connectivity index is 1.14. The molecule has 0 spiro atoms. The zero-order valence-electron chi connectivity index (χ0n) is 23.2. The van der Waals surface area contributed by atoms with Gasteiger partial charge in [0, 0.05) is 50.8 Å². The minimum Gasteiger partial charge on any atom is -0.300 e. The molecule has 0 aromatic carbocycles. The minimum atomic E-state index is -0.195. The first-order valence-corrected chi connectivity index (χ1v) is 15.1. The average molecular weight is 603 g/mol. The third kappa shape index (κ3) is 7.91. The zero-order chi connectivity index (χ0) is 29.3. The Morgan fingerprint density at radius 1 is 0.810 bits per heavy atom. The second kappa shape index (κ2) is 14.0. The van der Waals surface area contributed by atoms with E-state index in [1.807, 2.05) is 24.3 Å². The standard InChI is InChI=1S/C28H30N10O2S2/c1-29-15-17-6-8-31-21(10-17)13-23(39)33-27-37-35-25(41-27)19-4-3-5-20(12-19)26-36-38-28(42-26)34-24(40)14-22-11-18(16-30-2)7-9-32-22/h6-11,15-16,19-20H,3-5,12-14H2,1-2H3,(H,33,37,39)(H,34,38,40)/t19-,20-/m0/s1. The van der Waals surface area contributed by atoms with E-state index in [9.17, 15) is 9.59 Å². The van der Waals surface area contributed by atoms with Gasteiger partial charge >= 0.3 is 0 Å². The topological polar surface area (TPSA) is 160 Å². The highest BCUT2D eigenvalue weighted by Gasteiger charge is 2.29. The maximum atomic E-state index is 12.6. The fourth-order valence-electron chi connectivity index (χ4n) is 4.84. The first-order chi connectivity index (χ1) is 20.5. The van der Waals surface area contributed by atoms with Crippen molar-refractivity contribution in [1.82, 2.24) is 30.4 Å². The Kier molecular flexibility index (Phi) is 9.77. The molecule has 5 rings (SSSR count). The number of hydrogen-bond donors (Lipinski definition) is 2. The summed E-state index contributed by atoms with van der Waals surface area (Å²) in [6.45, 7) is 0. The van der Waals surface area contributed by atoms with Gasteiger partial charge in [-0.05, 0) is 54.7 Å². The maximum Gasteiger partial charge on any atom is 0.232 e. The lowest BCUT2D eigenvalue weighted by Gasteiger charge is -2.25. The Morgan fingerprint density at radius 3 is 1.74 bits per heavy atom. The van der Waals surface area contributed by atoms with Crippen LogP contribution in [0.25, 0.3) is 0 Å². The maximum absolute atomic E-state index is 12.6. The Bertz CT molecular complexity index is 1480. The van der Waals surface area contributed by atoms with E-state index in [0.29, 0.717) is 21.7 Å². The molecule has 1 aliphatic carbocycles. The van der Waals surface area contributed by atoms with Crippen molar-refractivity contribution in [3.63, 3.8) is 0 Å². The van der Waals surface area contributed by atoms with Crippen LogP contribution in [0.5, 0.6) is 0 Å². The normalized spacial score (nSPS) is 17.1. The summed E-state index contributed by atoms with van der Waals surface area (Å²) in [5, 5.41) is 25.7. The third-order valence-corrected chi connectivity index (χ3v) is 8.67. The molecule has 0 bridgehead atoms. The molecule has 2 N–H and O–H groups in total. The highest BCUT2D eigenvalue weighted by Crippen LogP contribution is 2.43. The number of aromatic nitrogens is 6. The molecule has 2 atom stereocenters. The smallest absolute Gasteiger partial charge is 0.232 e. The van der Waals surface area contributed by atoms with Crippen molar-refractivity contribution in [2.75, 3.05) is 24.7 Å². The number of rotatable bonds is 10. The fraction of sp³-hybridized carbons (Fsp3) is 0.357. The van der Waals surface area contributed by atoms with Crippen molar-refractivity contribution in [3.05, 3.63) is 69.2 Å². The van der Waals surface area contributed by atoms with Gasteiger partial charge in [-0.1, -0.05) is 29.1 Å². The molecule has 216 valence electrons. The Morgan fingerprint density at radius 2 is 1.29 bits per heavy atom. The molecular weight excluding hydrogens is 573 g/mol. The SMILES string of the molecule is CN=Cc1ccnc(CC(=O)Nc2nnc([C@H]3CCC[C@H](c4nnc(NC(=O)Cc5cc(C=NC)ccn5)s4)C3)s2)c1. The lowest BCUT2D eigenvalue weighted by molar-refractivity contribution is -0.116. The average Bonchev–Trinajstić information content (AvgIpc) is 3.64. The second-order valence-corrected chi connectivity index (χ2v) is 11.9. The number of hydrogen-bond acceptors (Lipinski definition) is 12. The molecule has 14 heteroatoms. The molecule has 0 saturated heterocycles. The van der Waals surface area contributed by atoms with Gasteiger partial charge in [-0.2, -0.15) is 0 Å². The largest absolute Gasteiger partial charge is 0.300 e. The molecule has 4 heterocycles. The monoisotopic (exact) mass is 602 g/mol. The number of nitrogens with one attached hydrogen (secondary N) is 2. The quantitative estimate of drug-likeness (QED) is 0.257. The predicted octanol–water partition coefficient (Wildman–Crippen LogP) is 4.08. The van der Waals surface area contributed by atoms with Crippen LogP contribution in [0.4, 0.5) is 10.3 Å². The van der Waals surface area contributed by atoms with E-state index in [1.54, 1.807) is 38.9 Å². The van der Waals surface area contributed by atoms with E-state index in [-0.39, 0.29) is 36.5 Å². The Hall–Kier alpha value is -4.30. The van der Waals surface area contributed by atoms with Crippen molar-refractivity contribution in [2.24, 2.45) is 9.98 Å². The van der Waals surface area contributed by atoms with E-state index in [0.717, 1.165) is 46.8 Å². The highest BCUT2D eigenvalue weighted by atomic mass is 32.1. The van der Waals surface area contributed by atoms with Crippen LogP contribution in [0.15, 0.2) is 46.6 Å². The molecule has 4 aromatic rings. The van der Waals surface area contributed by atoms with E-state index < -0.39 is 0 Å². The van der Waals surface area contributed by atoms with Gasteiger partial charge in [0.1, 0.15) is 10.0 Å². The fourth-order valence-corrected chi connectivity index (χ4v) is 6.65. The summed E-state index contributed by atoms with van der Waals surface area (Å²) in [6.07, 6.45) is 10.9. The number of pyridine rings is 2. The number of carbonyl (C=O) groups is 2. The molecule has 0 unspecified atom stereocenters. The first-order valence-electron chi connectivity index (χ1n) is 13.5. The van der Waals surface area contributed by atoms with Crippen LogP contribution in [0.3, 0.4) is 0 Å². The zero-order valence-corrected chi connectivity index (χ0v) is 24.9. The molecule has 12 nitrogen and oxygen atoms in total. The number of carbonyl (C=O) groups excluding carboxylic acids is 2. The Labute approximate surface area is 250 Å². The van der Waals surface area contributed by atoms with Crippen LogP contribution in [-0.2, 0) is 22.4 Å². The van der Waals surface area contributed by atoms with Gasteiger partial charge < -0.3 is 10.6 Å². The molecule has 4 aromatic heterocycles. The van der Waals surface area contributed by atoms with Crippen LogP contribution in [0.2, 0.25) is 0 Å². The number of amides is 2. The molecule has 2 amide bonds. The van der Waals surface area contributed by atoms with Crippen molar-refractivity contribution < 1.29 is 9.59 Å². The van der Waals surface area contributed by atoms with E-state index in [1.165, 1.54) is 22.7 Å². The first kappa shape index (κ1) is 29.2. The van der Waals surface area contributed by atoms with Crippen molar-refractivity contribution in [3.8, 4) is 0 Å². The highest BCUT2D eigenvalue weighted by molar-refractivity contribution is 7.15. The molecule has 42 heavy (non-hydrogen) atoms. The number of aliphatic imine (C=N–C) groups is 2. The predicted molar refractivity (Wildman–Crippen MR) is 164 cm³/mol. The number of nitrogens with zero attached hydrogens (tertiary/aromatic N) is 8. The summed E-state index contributed by atoms with van der Waals surface area (Å²) in [5.74, 6) is 0.0362. The lowest BCUT2D eigenvalue weighted by Crippen LogP contribution is -2.15. The van der Waals surface area contributed by atoms with Crippen molar-refractivity contribution in [2.45, 2.75) is 50.4 Å². The molecule has 0 aliphatic heterocycles. The molecule has 0 radical (unpaired) electrons. The van der Waals surface area contributed by atoms with Crippen LogP contribution in [0, 0.1) is 0 Å². The molecule has 1 saturated carbocycles. The van der Waals surface area contributed by atoms with Gasteiger partial charge in [-0.15, -0.1) is 20.4 Å². The van der Waals surface area contributed by atoms with E-state index in [2.05, 4.69) is 51.0 Å². The molecule has 1 fully saturated rings. The summed E-state index contributed by atoms with van der Waals surface area (Å²) >= 11 is 2.81. The molecular formula is C28H30N10O2S2. The van der Waals surface area contributed by atoms with Gasteiger partial charge in [-0.25, -0.2) is 0 Å². The lowest BCUT2D eigenvalue weighted by atomic mass is 9.82. The van der Waals surface area contributed by atoms with Gasteiger partial charge in [0.05, 0.1) is 24.2 Å². The summed E-state index contributed by atoms with van der Waals surface area (Å²) in [6, 6.07) is 7.35. The summed E-state index contributed by atoms with van der Waals surface area (Å²) < 4.78 is 0. The summed E-state index contributed by atoms with van der Waals surface area (Å²) in [4.78, 5) is 41.7. The van der Waals surface area contributed by atoms with E-state index in [4.69, 9.17) is 0 Å². The summed E-state index contributed by atoms with van der Waals surface area (Å²) in [7, 11) is 3.40. The third-order valence-electron chi connectivity index (χ3n) is 6.67.